The number of esters is 1. The van der Waals surface area contributed by atoms with Crippen LogP contribution in [0.15, 0.2) is 4.52 Å². The summed E-state index contributed by atoms with van der Waals surface area (Å²) in [6.45, 7) is 6.17. The summed E-state index contributed by atoms with van der Waals surface area (Å²) in [5.74, 6) is 0.594. The molecule has 20 heavy (non-hydrogen) atoms. The van der Waals surface area contributed by atoms with Gasteiger partial charge in [0.25, 0.3) is 0 Å². The lowest BCUT2D eigenvalue weighted by Crippen LogP contribution is -2.29. The Morgan fingerprint density at radius 3 is 2.45 bits per heavy atom. The molecule has 1 aliphatic carbocycles. The van der Waals surface area contributed by atoms with Gasteiger partial charge in [-0.25, -0.2) is 0 Å². The summed E-state index contributed by atoms with van der Waals surface area (Å²) >= 11 is 0. The molecule has 1 aromatic heterocycles. The van der Waals surface area contributed by atoms with E-state index in [0.29, 0.717) is 31.2 Å². The lowest BCUT2D eigenvalue weighted by Gasteiger charge is -2.25. The van der Waals surface area contributed by atoms with E-state index in [0.717, 1.165) is 12.8 Å². The van der Waals surface area contributed by atoms with Crippen molar-refractivity contribution in [3.8, 4) is 0 Å². The molecule has 0 atom stereocenters. The number of aromatic nitrogens is 2. The molecule has 0 spiro atoms. The Labute approximate surface area is 118 Å². The van der Waals surface area contributed by atoms with Crippen LogP contribution in [0.5, 0.6) is 0 Å². The standard InChI is InChI=1S/C14H22N2O4/c1-5-14(6-2,18-4)10-15-11(20-16-10)13(8-9-13)12(17)19-7-3/h5-9H2,1-4H3. The summed E-state index contributed by atoms with van der Waals surface area (Å²) in [5, 5.41) is 4.03. The van der Waals surface area contributed by atoms with Crippen LogP contribution in [0, 0.1) is 0 Å². The normalized spacial score (nSPS) is 17.0. The van der Waals surface area contributed by atoms with Crippen LogP contribution < -0.4 is 0 Å². The molecule has 0 aliphatic heterocycles. The first kappa shape index (κ1) is 15.0. The summed E-state index contributed by atoms with van der Waals surface area (Å²) in [4.78, 5) is 16.4. The third-order valence-electron chi connectivity index (χ3n) is 4.19. The van der Waals surface area contributed by atoms with E-state index < -0.39 is 11.0 Å². The SMILES string of the molecule is CCOC(=O)C1(c2nc(C(CC)(CC)OC)no2)CC1. The minimum atomic E-state index is -0.720. The van der Waals surface area contributed by atoms with E-state index in [2.05, 4.69) is 10.1 Å². The highest BCUT2D eigenvalue weighted by Gasteiger charge is 2.58. The fraction of sp³-hybridized carbons (Fsp3) is 0.786. The molecule has 0 amide bonds. The molecular formula is C14H22N2O4. The summed E-state index contributed by atoms with van der Waals surface area (Å²) in [7, 11) is 1.64. The third-order valence-corrected chi connectivity index (χ3v) is 4.19. The minimum Gasteiger partial charge on any atom is -0.465 e. The van der Waals surface area contributed by atoms with Crippen molar-refractivity contribution in [3.63, 3.8) is 0 Å². The smallest absolute Gasteiger partial charge is 0.321 e. The van der Waals surface area contributed by atoms with Crippen molar-refractivity contribution in [2.75, 3.05) is 13.7 Å². The number of ether oxygens (including phenoxy) is 2. The molecule has 0 aromatic carbocycles. The summed E-state index contributed by atoms with van der Waals surface area (Å²) in [5.41, 5.74) is -1.27. The van der Waals surface area contributed by atoms with Crippen LogP contribution >= 0.6 is 0 Å². The lowest BCUT2D eigenvalue weighted by atomic mass is 9.96. The molecule has 1 saturated carbocycles. The zero-order valence-corrected chi connectivity index (χ0v) is 12.6. The number of hydrogen-bond acceptors (Lipinski definition) is 6. The van der Waals surface area contributed by atoms with Crippen molar-refractivity contribution < 1.29 is 18.8 Å². The molecule has 0 saturated heterocycles. The first-order valence-corrected chi connectivity index (χ1v) is 7.15. The van der Waals surface area contributed by atoms with Crippen LogP contribution in [-0.4, -0.2) is 29.8 Å². The van der Waals surface area contributed by atoms with Crippen molar-refractivity contribution in [2.45, 2.75) is 57.5 Å². The van der Waals surface area contributed by atoms with Gasteiger partial charge in [0.15, 0.2) is 0 Å². The van der Waals surface area contributed by atoms with E-state index in [1.54, 1.807) is 14.0 Å². The van der Waals surface area contributed by atoms with Crippen LogP contribution in [-0.2, 0) is 25.3 Å². The Morgan fingerprint density at radius 2 is 2.00 bits per heavy atom. The first-order valence-electron chi connectivity index (χ1n) is 7.15. The van der Waals surface area contributed by atoms with Gasteiger partial charge in [-0.05, 0) is 32.6 Å². The molecule has 0 unspecified atom stereocenters. The van der Waals surface area contributed by atoms with Crippen molar-refractivity contribution >= 4 is 5.97 Å². The van der Waals surface area contributed by atoms with Crippen molar-refractivity contribution in [2.24, 2.45) is 0 Å². The number of methoxy groups -OCH3 is 1. The highest BCUT2D eigenvalue weighted by molar-refractivity contribution is 5.85. The number of nitrogens with zero attached hydrogens (tertiary/aromatic N) is 2. The number of hydrogen-bond donors (Lipinski definition) is 0. The lowest BCUT2D eigenvalue weighted by molar-refractivity contribution is -0.146. The molecule has 1 aromatic rings. The zero-order valence-electron chi connectivity index (χ0n) is 12.6. The molecular weight excluding hydrogens is 260 g/mol. The second kappa shape index (κ2) is 5.52. The average molecular weight is 282 g/mol. The van der Waals surface area contributed by atoms with Gasteiger partial charge in [0, 0.05) is 7.11 Å². The summed E-state index contributed by atoms with van der Waals surface area (Å²) in [6.07, 6.45) is 2.88. The van der Waals surface area contributed by atoms with E-state index >= 15 is 0 Å². The Hall–Kier alpha value is -1.43. The van der Waals surface area contributed by atoms with Crippen molar-refractivity contribution in [1.29, 1.82) is 0 Å². The Morgan fingerprint density at radius 1 is 1.35 bits per heavy atom. The average Bonchev–Trinajstić information content (AvgIpc) is 3.14. The molecule has 6 heteroatoms. The second-order valence-corrected chi connectivity index (χ2v) is 5.13. The van der Waals surface area contributed by atoms with E-state index in [1.165, 1.54) is 0 Å². The van der Waals surface area contributed by atoms with Gasteiger partial charge in [0.2, 0.25) is 11.7 Å². The predicted molar refractivity (Wildman–Crippen MR) is 71.1 cm³/mol. The fourth-order valence-electron chi connectivity index (χ4n) is 2.45. The van der Waals surface area contributed by atoms with Crippen molar-refractivity contribution in [1.82, 2.24) is 10.1 Å². The van der Waals surface area contributed by atoms with E-state index in [9.17, 15) is 4.79 Å². The van der Waals surface area contributed by atoms with E-state index in [1.807, 2.05) is 13.8 Å². The van der Waals surface area contributed by atoms with Gasteiger partial charge in [-0.3, -0.25) is 4.79 Å². The van der Waals surface area contributed by atoms with E-state index in [-0.39, 0.29) is 5.97 Å². The Bertz CT molecular complexity index is 467. The zero-order chi connectivity index (χ0) is 14.8. The third kappa shape index (κ3) is 2.22. The molecule has 6 nitrogen and oxygen atoms in total. The van der Waals surface area contributed by atoms with Gasteiger partial charge in [0.05, 0.1) is 6.61 Å². The number of carbonyl (C=O) groups is 1. The first-order chi connectivity index (χ1) is 9.58. The molecule has 1 heterocycles. The van der Waals surface area contributed by atoms with Gasteiger partial charge >= 0.3 is 5.97 Å². The summed E-state index contributed by atoms with van der Waals surface area (Å²) < 4.78 is 16.0. The molecule has 0 radical (unpaired) electrons. The Kier molecular flexibility index (Phi) is 4.13. The van der Waals surface area contributed by atoms with Gasteiger partial charge in [-0.2, -0.15) is 4.98 Å². The van der Waals surface area contributed by atoms with Crippen LogP contribution in [0.25, 0.3) is 0 Å². The maximum atomic E-state index is 12.0. The Balaban J connectivity index is 2.27. The van der Waals surface area contributed by atoms with Crippen LogP contribution in [0.3, 0.4) is 0 Å². The van der Waals surface area contributed by atoms with Crippen molar-refractivity contribution in [3.05, 3.63) is 11.7 Å². The molecule has 0 N–H and O–H groups in total. The largest absolute Gasteiger partial charge is 0.465 e. The summed E-state index contributed by atoms with van der Waals surface area (Å²) in [6, 6.07) is 0. The topological polar surface area (TPSA) is 74.5 Å². The second-order valence-electron chi connectivity index (χ2n) is 5.13. The molecule has 0 bridgehead atoms. The quantitative estimate of drug-likeness (QED) is 0.714. The molecule has 1 fully saturated rings. The minimum absolute atomic E-state index is 0.272. The maximum Gasteiger partial charge on any atom is 0.321 e. The molecule has 1 aliphatic rings. The number of carbonyl (C=O) groups excluding carboxylic acids is 1. The van der Waals surface area contributed by atoms with Gasteiger partial charge in [-0.15, -0.1) is 0 Å². The number of rotatable bonds is 7. The van der Waals surface area contributed by atoms with Crippen LogP contribution in [0.2, 0.25) is 0 Å². The van der Waals surface area contributed by atoms with Gasteiger partial charge in [0.1, 0.15) is 11.0 Å². The monoisotopic (exact) mass is 282 g/mol. The highest BCUT2D eigenvalue weighted by Crippen LogP contribution is 2.49. The van der Waals surface area contributed by atoms with Gasteiger partial charge in [-0.1, -0.05) is 19.0 Å². The van der Waals surface area contributed by atoms with Gasteiger partial charge < -0.3 is 14.0 Å². The predicted octanol–water partition coefficient (Wildman–Crippen LogP) is 2.33. The van der Waals surface area contributed by atoms with Crippen LogP contribution in [0.4, 0.5) is 0 Å². The molecule has 2 rings (SSSR count). The maximum absolute atomic E-state index is 12.0. The van der Waals surface area contributed by atoms with E-state index in [4.69, 9.17) is 14.0 Å². The highest BCUT2D eigenvalue weighted by atomic mass is 16.5. The fourth-order valence-corrected chi connectivity index (χ4v) is 2.45. The molecule has 112 valence electrons. The van der Waals surface area contributed by atoms with Crippen LogP contribution in [0.1, 0.15) is 58.2 Å².